The van der Waals surface area contributed by atoms with Crippen LogP contribution in [0.5, 0.6) is 5.75 Å². The van der Waals surface area contributed by atoms with Crippen LogP contribution in [0.25, 0.3) is 11.4 Å². The Labute approximate surface area is 132 Å². The summed E-state index contributed by atoms with van der Waals surface area (Å²) in [5, 5.41) is 9.54. The van der Waals surface area contributed by atoms with Gasteiger partial charge < -0.3 is 10.2 Å². The van der Waals surface area contributed by atoms with Crippen LogP contribution in [-0.2, 0) is 0 Å². The third-order valence-electron chi connectivity index (χ3n) is 3.55. The summed E-state index contributed by atoms with van der Waals surface area (Å²) in [6.07, 6.45) is 0. The molecule has 3 aromatic rings. The molecule has 0 radical (unpaired) electrons. The number of hydrogen-bond donors (Lipinski definition) is 1. The van der Waals surface area contributed by atoms with E-state index in [-0.39, 0.29) is 5.37 Å². The van der Waals surface area contributed by atoms with Gasteiger partial charge in [-0.25, -0.2) is 4.68 Å². The molecule has 0 spiro atoms. The lowest BCUT2D eigenvalue weighted by atomic mass is 10.2. The summed E-state index contributed by atoms with van der Waals surface area (Å²) in [5.74, 6) is 1.69. The normalized spacial score (nSPS) is 16.1. The maximum Gasteiger partial charge on any atom is 0.212 e. The summed E-state index contributed by atoms with van der Waals surface area (Å²) in [6, 6.07) is 18.1. The average Bonchev–Trinajstić information content (AvgIpc) is 3.16. The van der Waals surface area contributed by atoms with E-state index in [2.05, 4.69) is 27.8 Å². The lowest BCUT2D eigenvalue weighted by Gasteiger charge is -2.12. The second-order valence-corrected chi connectivity index (χ2v) is 5.98. The van der Waals surface area contributed by atoms with E-state index in [1.165, 1.54) is 5.56 Å². The fourth-order valence-electron chi connectivity index (χ4n) is 2.41. The van der Waals surface area contributed by atoms with Crippen LogP contribution in [0.4, 0.5) is 0 Å². The fourth-order valence-corrected chi connectivity index (χ4v) is 3.40. The van der Waals surface area contributed by atoms with Crippen LogP contribution in [0.1, 0.15) is 10.9 Å². The van der Waals surface area contributed by atoms with Gasteiger partial charge >= 0.3 is 0 Å². The van der Waals surface area contributed by atoms with E-state index in [4.69, 9.17) is 4.74 Å². The molecule has 1 aromatic heterocycles. The van der Waals surface area contributed by atoms with Crippen LogP contribution in [0.15, 0.2) is 59.8 Å². The Balaban J connectivity index is 1.62. The molecular weight excluding hydrogens is 296 g/mol. The molecule has 4 rings (SSSR count). The largest absolute Gasteiger partial charge is 0.497 e. The third-order valence-corrected chi connectivity index (χ3v) is 4.64. The van der Waals surface area contributed by atoms with Gasteiger partial charge in [-0.05, 0) is 17.7 Å². The fraction of sp³-hybridized carbons (Fsp3) is 0.125. The van der Waals surface area contributed by atoms with Crippen molar-refractivity contribution in [1.82, 2.24) is 14.9 Å². The monoisotopic (exact) mass is 310 g/mol. The Morgan fingerprint density at radius 2 is 1.82 bits per heavy atom. The molecule has 0 saturated carbocycles. The minimum Gasteiger partial charge on any atom is -0.497 e. The SMILES string of the molecule is COc1ccc(C2Nn3c(nnc3-c3ccccc3)S2)cc1. The first-order chi connectivity index (χ1) is 10.8. The average molecular weight is 310 g/mol. The molecule has 0 amide bonds. The maximum atomic E-state index is 5.20. The lowest BCUT2D eigenvalue weighted by molar-refractivity contribution is 0.414. The molecule has 2 heterocycles. The van der Waals surface area contributed by atoms with Crippen molar-refractivity contribution in [3.05, 3.63) is 60.2 Å². The highest BCUT2D eigenvalue weighted by molar-refractivity contribution is 7.99. The van der Waals surface area contributed by atoms with E-state index in [1.807, 2.05) is 47.1 Å². The van der Waals surface area contributed by atoms with E-state index in [0.29, 0.717) is 0 Å². The van der Waals surface area contributed by atoms with E-state index >= 15 is 0 Å². The highest BCUT2D eigenvalue weighted by Gasteiger charge is 2.27. The Bertz CT molecular complexity index is 786. The van der Waals surface area contributed by atoms with Crippen molar-refractivity contribution in [2.45, 2.75) is 10.5 Å². The maximum absolute atomic E-state index is 5.20. The molecular formula is C16H14N4OS. The number of nitrogens with zero attached hydrogens (tertiary/aromatic N) is 3. The zero-order chi connectivity index (χ0) is 14.9. The molecule has 0 fully saturated rings. The van der Waals surface area contributed by atoms with Crippen molar-refractivity contribution in [1.29, 1.82) is 0 Å². The third kappa shape index (κ3) is 2.21. The molecule has 1 unspecified atom stereocenters. The number of benzene rings is 2. The zero-order valence-electron chi connectivity index (χ0n) is 11.9. The standard InChI is InChI=1S/C16H14N4OS/c1-21-13-9-7-12(8-10-13)15-19-20-14(17-18-16(20)22-15)11-5-3-2-4-6-11/h2-10,15,19H,1H3. The topological polar surface area (TPSA) is 52.0 Å². The van der Waals surface area contributed by atoms with Crippen LogP contribution in [-0.4, -0.2) is 22.0 Å². The first-order valence-corrected chi connectivity index (χ1v) is 7.81. The van der Waals surface area contributed by atoms with Crippen LogP contribution in [0.3, 0.4) is 0 Å². The molecule has 0 saturated heterocycles. The second kappa shape index (κ2) is 5.38. The van der Waals surface area contributed by atoms with Crippen molar-refractivity contribution in [3.63, 3.8) is 0 Å². The van der Waals surface area contributed by atoms with Crippen molar-refractivity contribution in [2.24, 2.45) is 0 Å². The van der Waals surface area contributed by atoms with Crippen LogP contribution < -0.4 is 10.2 Å². The van der Waals surface area contributed by atoms with Crippen molar-refractivity contribution < 1.29 is 4.74 Å². The van der Waals surface area contributed by atoms with Gasteiger partial charge in [-0.15, -0.1) is 10.2 Å². The minimum atomic E-state index is 0.124. The number of ether oxygens (including phenoxy) is 1. The molecule has 1 aliphatic heterocycles. The van der Waals surface area contributed by atoms with Gasteiger partial charge in [0.05, 0.1) is 7.11 Å². The number of nitrogens with one attached hydrogen (secondary N) is 1. The van der Waals surface area contributed by atoms with Gasteiger partial charge in [-0.2, -0.15) is 0 Å². The molecule has 22 heavy (non-hydrogen) atoms. The van der Waals surface area contributed by atoms with Crippen LogP contribution in [0.2, 0.25) is 0 Å². The predicted octanol–water partition coefficient (Wildman–Crippen LogP) is 3.30. The quantitative estimate of drug-likeness (QED) is 0.804. The number of thioether (sulfide) groups is 1. The van der Waals surface area contributed by atoms with E-state index < -0.39 is 0 Å². The molecule has 0 aliphatic carbocycles. The second-order valence-electron chi connectivity index (χ2n) is 4.91. The number of fused-ring (bicyclic) bond motifs is 1. The van der Waals surface area contributed by atoms with E-state index in [1.54, 1.807) is 18.9 Å². The Morgan fingerprint density at radius 1 is 1.05 bits per heavy atom. The summed E-state index contributed by atoms with van der Waals surface area (Å²) >= 11 is 1.66. The van der Waals surface area contributed by atoms with Crippen molar-refractivity contribution in [3.8, 4) is 17.1 Å². The van der Waals surface area contributed by atoms with Crippen LogP contribution >= 0.6 is 11.8 Å². The van der Waals surface area contributed by atoms with Gasteiger partial charge in [0.2, 0.25) is 5.16 Å². The molecule has 1 aliphatic rings. The number of aromatic nitrogens is 3. The minimum absolute atomic E-state index is 0.124. The van der Waals surface area contributed by atoms with Crippen molar-refractivity contribution in [2.75, 3.05) is 12.5 Å². The molecule has 6 heteroatoms. The van der Waals surface area contributed by atoms with Gasteiger partial charge in [0.1, 0.15) is 11.1 Å². The predicted molar refractivity (Wildman–Crippen MR) is 86.4 cm³/mol. The molecule has 110 valence electrons. The summed E-state index contributed by atoms with van der Waals surface area (Å²) in [6.45, 7) is 0. The lowest BCUT2D eigenvalue weighted by Crippen LogP contribution is -2.13. The molecule has 1 atom stereocenters. The Hall–Kier alpha value is -2.47. The number of methoxy groups -OCH3 is 1. The first kappa shape index (κ1) is 13.2. The summed E-state index contributed by atoms with van der Waals surface area (Å²) in [7, 11) is 1.67. The molecule has 2 aromatic carbocycles. The number of hydrogen-bond acceptors (Lipinski definition) is 5. The molecule has 5 nitrogen and oxygen atoms in total. The van der Waals surface area contributed by atoms with Gasteiger partial charge in [-0.3, -0.25) is 0 Å². The van der Waals surface area contributed by atoms with Gasteiger partial charge in [0.15, 0.2) is 5.82 Å². The Kier molecular flexibility index (Phi) is 3.23. The number of rotatable bonds is 3. The van der Waals surface area contributed by atoms with Gasteiger partial charge in [0.25, 0.3) is 0 Å². The van der Waals surface area contributed by atoms with Gasteiger partial charge in [-0.1, -0.05) is 54.2 Å². The molecule has 1 N–H and O–H groups in total. The molecule has 0 bridgehead atoms. The van der Waals surface area contributed by atoms with Crippen LogP contribution in [0, 0.1) is 0 Å². The summed E-state index contributed by atoms with van der Waals surface area (Å²) in [5.41, 5.74) is 5.67. The zero-order valence-corrected chi connectivity index (χ0v) is 12.7. The first-order valence-electron chi connectivity index (χ1n) is 6.93. The van der Waals surface area contributed by atoms with E-state index in [0.717, 1.165) is 22.3 Å². The highest BCUT2D eigenvalue weighted by Crippen LogP contribution is 2.40. The van der Waals surface area contributed by atoms with Crippen molar-refractivity contribution >= 4 is 11.8 Å². The van der Waals surface area contributed by atoms with Gasteiger partial charge in [0, 0.05) is 5.56 Å². The highest BCUT2D eigenvalue weighted by atomic mass is 32.2. The Morgan fingerprint density at radius 3 is 2.55 bits per heavy atom. The summed E-state index contributed by atoms with van der Waals surface area (Å²) < 4.78 is 7.15. The summed E-state index contributed by atoms with van der Waals surface area (Å²) in [4.78, 5) is 0. The smallest absolute Gasteiger partial charge is 0.212 e. The van der Waals surface area contributed by atoms with E-state index in [9.17, 15) is 0 Å².